The van der Waals surface area contributed by atoms with Crippen molar-refractivity contribution in [2.75, 3.05) is 13.7 Å². The number of likely N-dealkylation sites (tertiary alicyclic amines) is 1. The number of pyridine rings is 1. The van der Waals surface area contributed by atoms with Crippen LogP contribution in [0, 0.1) is 6.92 Å². The molecule has 5 rings (SSSR count). The van der Waals surface area contributed by atoms with Gasteiger partial charge in [-0.15, -0.1) is 0 Å². The first-order chi connectivity index (χ1) is 15.0. The zero-order chi connectivity index (χ0) is 21.6. The summed E-state index contributed by atoms with van der Waals surface area (Å²) in [6, 6.07) is 11.5. The normalized spacial score (nSPS) is 23.4. The van der Waals surface area contributed by atoms with Crippen LogP contribution in [0.3, 0.4) is 0 Å². The number of ether oxygens (including phenoxy) is 1. The highest BCUT2D eigenvalue weighted by Crippen LogP contribution is 2.45. The van der Waals surface area contributed by atoms with Crippen LogP contribution in [-0.2, 0) is 4.79 Å². The molecule has 3 aromatic rings. The van der Waals surface area contributed by atoms with Crippen molar-refractivity contribution in [3.63, 3.8) is 0 Å². The van der Waals surface area contributed by atoms with Gasteiger partial charge in [-0.2, -0.15) is 0 Å². The molecule has 160 valence electrons. The Kier molecular flexibility index (Phi) is 4.68. The SMILES string of the molecule is COc1ccc([C@H]2N(C(=O)c3cn4ccc(C)cc4n3)CCC[C@]23CCC(=O)N3)cc1. The quantitative estimate of drug-likeness (QED) is 0.708. The summed E-state index contributed by atoms with van der Waals surface area (Å²) in [4.78, 5) is 32.4. The van der Waals surface area contributed by atoms with Crippen LogP contribution >= 0.6 is 0 Å². The Hall–Kier alpha value is -3.35. The van der Waals surface area contributed by atoms with Crippen LogP contribution in [0.25, 0.3) is 5.65 Å². The molecule has 2 saturated heterocycles. The fourth-order valence-electron chi connectivity index (χ4n) is 5.10. The molecule has 31 heavy (non-hydrogen) atoms. The molecule has 0 unspecified atom stereocenters. The minimum absolute atomic E-state index is 0.0519. The van der Waals surface area contributed by atoms with E-state index in [0.29, 0.717) is 18.7 Å². The second kappa shape index (κ2) is 7.41. The van der Waals surface area contributed by atoms with E-state index in [0.717, 1.165) is 41.8 Å². The van der Waals surface area contributed by atoms with Gasteiger partial charge in [-0.1, -0.05) is 12.1 Å². The molecule has 7 nitrogen and oxygen atoms in total. The number of carbonyl (C=O) groups is 2. The summed E-state index contributed by atoms with van der Waals surface area (Å²) >= 11 is 0. The number of fused-ring (bicyclic) bond motifs is 1. The molecule has 0 aliphatic carbocycles. The first-order valence-corrected chi connectivity index (χ1v) is 10.7. The molecule has 1 spiro atoms. The lowest BCUT2D eigenvalue weighted by Crippen LogP contribution is -2.58. The first kappa shape index (κ1) is 19.6. The molecule has 0 saturated carbocycles. The van der Waals surface area contributed by atoms with Gasteiger partial charge in [0.05, 0.1) is 18.7 Å². The standard InChI is InChI=1S/C24H26N4O3/c1-16-9-13-27-15-19(25-20(27)14-16)23(30)28-12-3-10-24(11-8-21(29)26-24)22(28)17-4-6-18(31-2)7-5-17/h4-7,9,13-15,22H,3,8,10-12H2,1-2H3,(H,26,29)/t22-,24+/m1/s1. The van der Waals surface area contributed by atoms with E-state index in [4.69, 9.17) is 4.74 Å². The Balaban J connectivity index is 1.56. The molecular formula is C24H26N4O3. The molecule has 2 amide bonds. The van der Waals surface area contributed by atoms with Gasteiger partial charge in [-0.3, -0.25) is 9.59 Å². The highest BCUT2D eigenvalue weighted by atomic mass is 16.5. The fourth-order valence-corrected chi connectivity index (χ4v) is 5.10. The number of aromatic nitrogens is 2. The summed E-state index contributed by atoms with van der Waals surface area (Å²) in [6.07, 6.45) is 6.61. The minimum atomic E-state index is -0.449. The lowest BCUT2D eigenvalue weighted by molar-refractivity contribution is -0.120. The van der Waals surface area contributed by atoms with Gasteiger partial charge in [0.2, 0.25) is 5.91 Å². The number of nitrogens with zero attached hydrogens (tertiary/aromatic N) is 3. The van der Waals surface area contributed by atoms with Crippen LogP contribution in [-0.4, -0.2) is 45.3 Å². The van der Waals surface area contributed by atoms with E-state index < -0.39 is 5.54 Å². The maximum atomic E-state index is 13.7. The summed E-state index contributed by atoms with van der Waals surface area (Å²) in [5, 5.41) is 3.23. The third-order valence-corrected chi connectivity index (χ3v) is 6.57. The number of imidazole rings is 1. The van der Waals surface area contributed by atoms with Gasteiger partial charge in [-0.25, -0.2) is 4.98 Å². The molecule has 2 aliphatic rings. The lowest BCUT2D eigenvalue weighted by Gasteiger charge is -2.48. The predicted octanol–water partition coefficient (Wildman–Crippen LogP) is 3.28. The van der Waals surface area contributed by atoms with Crippen LogP contribution in [0.4, 0.5) is 0 Å². The molecule has 4 heterocycles. The predicted molar refractivity (Wildman–Crippen MR) is 116 cm³/mol. The minimum Gasteiger partial charge on any atom is -0.497 e. The summed E-state index contributed by atoms with van der Waals surface area (Å²) in [6.45, 7) is 2.63. The van der Waals surface area contributed by atoms with Crippen molar-refractivity contribution < 1.29 is 14.3 Å². The van der Waals surface area contributed by atoms with Crippen molar-refractivity contribution in [3.8, 4) is 5.75 Å². The van der Waals surface area contributed by atoms with Crippen LogP contribution in [0.1, 0.15) is 53.3 Å². The molecule has 7 heteroatoms. The van der Waals surface area contributed by atoms with Crippen molar-refractivity contribution in [2.24, 2.45) is 0 Å². The summed E-state index contributed by atoms with van der Waals surface area (Å²) in [7, 11) is 1.63. The molecule has 2 aromatic heterocycles. The highest BCUT2D eigenvalue weighted by molar-refractivity contribution is 5.93. The molecule has 0 radical (unpaired) electrons. The van der Waals surface area contributed by atoms with Gasteiger partial charge in [-0.05, 0) is 61.6 Å². The number of rotatable bonds is 3. The van der Waals surface area contributed by atoms with Gasteiger partial charge in [0.15, 0.2) is 0 Å². The number of hydrogen-bond acceptors (Lipinski definition) is 4. The van der Waals surface area contributed by atoms with Crippen molar-refractivity contribution >= 4 is 17.5 Å². The Morgan fingerprint density at radius 2 is 2.03 bits per heavy atom. The van der Waals surface area contributed by atoms with E-state index in [1.54, 1.807) is 13.3 Å². The zero-order valence-corrected chi connectivity index (χ0v) is 17.8. The maximum Gasteiger partial charge on any atom is 0.274 e. The topological polar surface area (TPSA) is 75.9 Å². The highest BCUT2D eigenvalue weighted by Gasteiger charge is 2.51. The van der Waals surface area contributed by atoms with Crippen molar-refractivity contribution in [2.45, 2.75) is 44.2 Å². The van der Waals surface area contributed by atoms with Crippen LogP contribution in [0.5, 0.6) is 5.75 Å². The average molecular weight is 418 g/mol. The second-order valence-electron chi connectivity index (χ2n) is 8.58. The average Bonchev–Trinajstić information content (AvgIpc) is 3.36. The van der Waals surface area contributed by atoms with Gasteiger partial charge in [0.25, 0.3) is 5.91 Å². The van der Waals surface area contributed by atoms with Crippen molar-refractivity contribution in [1.82, 2.24) is 19.6 Å². The van der Waals surface area contributed by atoms with E-state index in [9.17, 15) is 9.59 Å². The van der Waals surface area contributed by atoms with E-state index >= 15 is 0 Å². The number of aryl methyl sites for hydroxylation is 1. The van der Waals surface area contributed by atoms with Crippen LogP contribution in [0.2, 0.25) is 0 Å². The number of piperidine rings is 1. The molecule has 1 aromatic carbocycles. The van der Waals surface area contributed by atoms with E-state index in [-0.39, 0.29) is 17.9 Å². The molecule has 1 N–H and O–H groups in total. The number of hydrogen-bond donors (Lipinski definition) is 1. The molecule has 2 fully saturated rings. The number of benzene rings is 1. The van der Waals surface area contributed by atoms with Gasteiger partial charge in [0.1, 0.15) is 17.1 Å². The molecule has 2 aliphatic heterocycles. The fraction of sp³-hybridized carbons (Fsp3) is 0.375. The van der Waals surface area contributed by atoms with Crippen molar-refractivity contribution in [1.29, 1.82) is 0 Å². The Labute approximate surface area is 181 Å². The number of methoxy groups -OCH3 is 1. The summed E-state index contributed by atoms with van der Waals surface area (Å²) in [5.74, 6) is 0.705. The Morgan fingerprint density at radius 1 is 1.23 bits per heavy atom. The number of nitrogens with one attached hydrogen (secondary N) is 1. The largest absolute Gasteiger partial charge is 0.497 e. The molecule has 2 atom stereocenters. The summed E-state index contributed by atoms with van der Waals surface area (Å²) in [5.41, 5.74) is 2.82. The van der Waals surface area contributed by atoms with E-state index in [1.807, 2.05) is 58.8 Å². The van der Waals surface area contributed by atoms with E-state index in [2.05, 4.69) is 10.3 Å². The van der Waals surface area contributed by atoms with Gasteiger partial charge >= 0.3 is 0 Å². The lowest BCUT2D eigenvalue weighted by atomic mass is 9.76. The smallest absolute Gasteiger partial charge is 0.274 e. The molecule has 0 bridgehead atoms. The summed E-state index contributed by atoms with van der Waals surface area (Å²) < 4.78 is 7.19. The van der Waals surface area contributed by atoms with Crippen LogP contribution < -0.4 is 10.1 Å². The number of carbonyl (C=O) groups excluding carboxylic acids is 2. The molecular weight excluding hydrogens is 392 g/mol. The first-order valence-electron chi connectivity index (χ1n) is 10.7. The third kappa shape index (κ3) is 3.34. The van der Waals surface area contributed by atoms with Gasteiger partial charge < -0.3 is 19.4 Å². The monoisotopic (exact) mass is 418 g/mol. The maximum absolute atomic E-state index is 13.7. The second-order valence-corrected chi connectivity index (χ2v) is 8.58. The Bertz CT molecular complexity index is 1150. The zero-order valence-electron chi connectivity index (χ0n) is 17.8. The van der Waals surface area contributed by atoms with Crippen LogP contribution in [0.15, 0.2) is 48.8 Å². The van der Waals surface area contributed by atoms with E-state index in [1.165, 1.54) is 0 Å². The number of amides is 2. The Morgan fingerprint density at radius 3 is 2.74 bits per heavy atom. The third-order valence-electron chi connectivity index (χ3n) is 6.57. The van der Waals surface area contributed by atoms with Crippen molar-refractivity contribution in [3.05, 3.63) is 65.6 Å². The van der Waals surface area contributed by atoms with Gasteiger partial charge in [0, 0.05) is 25.4 Å².